The van der Waals surface area contributed by atoms with Gasteiger partial charge in [-0.1, -0.05) is 42.5 Å². The normalized spacial score (nSPS) is 13.1. The lowest BCUT2D eigenvalue weighted by Gasteiger charge is -2.29. The van der Waals surface area contributed by atoms with Crippen LogP contribution in [0.15, 0.2) is 85.2 Å². The number of carboxylic acid groups (broad SMARTS) is 1. The molecule has 1 aliphatic heterocycles. The second-order valence-corrected chi connectivity index (χ2v) is 9.14. The highest BCUT2D eigenvalue weighted by Crippen LogP contribution is 2.31. The number of aromatic carboxylic acids is 1. The van der Waals surface area contributed by atoms with Crippen molar-refractivity contribution in [2.45, 2.75) is 13.1 Å². The molecule has 1 fully saturated rings. The van der Waals surface area contributed by atoms with Crippen LogP contribution in [-0.2, 0) is 17.8 Å². The number of carbonyl (C=O) groups is 1. The third-order valence-corrected chi connectivity index (χ3v) is 6.60. The van der Waals surface area contributed by atoms with Crippen LogP contribution in [0.2, 0.25) is 0 Å². The summed E-state index contributed by atoms with van der Waals surface area (Å²) in [5.74, 6) is 1.24. The molecule has 9 heteroatoms. The number of methoxy groups -OCH3 is 1. The van der Waals surface area contributed by atoms with E-state index in [4.69, 9.17) is 14.5 Å². The Morgan fingerprint density at radius 3 is 2.44 bits per heavy atom. The molecule has 9 nitrogen and oxygen atoms in total. The smallest absolute Gasteiger partial charge is 0.339 e. The minimum Gasteiger partial charge on any atom is -0.497 e. The summed E-state index contributed by atoms with van der Waals surface area (Å²) < 4.78 is 10.8. The van der Waals surface area contributed by atoms with Gasteiger partial charge in [0.2, 0.25) is 0 Å². The van der Waals surface area contributed by atoms with E-state index in [1.807, 2.05) is 77.8 Å². The average molecular weight is 526 g/mol. The number of hydrogen-bond donors (Lipinski definition) is 2. The van der Waals surface area contributed by atoms with Crippen LogP contribution in [0.25, 0.3) is 0 Å². The van der Waals surface area contributed by atoms with Crippen molar-refractivity contribution < 1.29 is 19.4 Å². The summed E-state index contributed by atoms with van der Waals surface area (Å²) in [6.45, 7) is 3.96. The molecule has 3 heterocycles. The Hall–Kier alpha value is -4.63. The highest BCUT2D eigenvalue weighted by atomic mass is 16.5. The molecule has 0 spiro atoms. The zero-order chi connectivity index (χ0) is 27.0. The molecule has 2 N–H and O–H groups in total. The van der Waals surface area contributed by atoms with Crippen LogP contribution in [0, 0.1) is 0 Å². The summed E-state index contributed by atoms with van der Waals surface area (Å²) in [6, 6.07) is 23.5. The zero-order valence-corrected chi connectivity index (χ0v) is 21.8. The second-order valence-electron chi connectivity index (χ2n) is 9.14. The van der Waals surface area contributed by atoms with Crippen molar-refractivity contribution in [1.82, 2.24) is 9.97 Å². The number of aromatic nitrogens is 2. The van der Waals surface area contributed by atoms with Crippen molar-refractivity contribution in [2.75, 3.05) is 48.5 Å². The summed E-state index contributed by atoms with van der Waals surface area (Å²) in [7, 11) is 1.64. The van der Waals surface area contributed by atoms with E-state index in [-0.39, 0.29) is 5.56 Å². The molecule has 0 bridgehead atoms. The predicted octanol–water partition coefficient (Wildman–Crippen LogP) is 4.97. The molecule has 0 atom stereocenters. The highest BCUT2D eigenvalue weighted by Gasteiger charge is 2.19. The van der Waals surface area contributed by atoms with Crippen LogP contribution in [0.5, 0.6) is 5.75 Å². The number of rotatable bonds is 10. The lowest BCUT2D eigenvalue weighted by molar-refractivity contribution is 0.0697. The average Bonchev–Trinajstić information content (AvgIpc) is 3.00. The van der Waals surface area contributed by atoms with Crippen molar-refractivity contribution in [3.63, 3.8) is 0 Å². The van der Waals surface area contributed by atoms with Gasteiger partial charge in [0.15, 0.2) is 0 Å². The Morgan fingerprint density at radius 2 is 1.77 bits per heavy atom. The Labute approximate surface area is 227 Å². The van der Waals surface area contributed by atoms with Gasteiger partial charge < -0.3 is 29.7 Å². The fourth-order valence-corrected chi connectivity index (χ4v) is 4.44. The minimum atomic E-state index is -1.04. The standard InChI is InChI=1S/C30H31N5O4/c1-38-25-10-7-23(8-11-25)21-35(24-9-12-28(32-19-24)34-13-15-39-16-14-34)29-17-27(26(20-33-29)30(36)37)31-18-22-5-3-2-4-6-22/h2-12,17,19-20H,13-16,18,21H2,1H3,(H,31,33)(H,36,37). The maximum Gasteiger partial charge on any atom is 0.339 e. The van der Waals surface area contributed by atoms with Crippen LogP contribution < -0.4 is 19.9 Å². The molecule has 1 saturated heterocycles. The number of hydrogen-bond acceptors (Lipinski definition) is 8. The van der Waals surface area contributed by atoms with E-state index in [0.717, 1.165) is 41.5 Å². The predicted molar refractivity (Wildman–Crippen MR) is 151 cm³/mol. The summed E-state index contributed by atoms with van der Waals surface area (Å²) >= 11 is 0. The quantitative estimate of drug-likeness (QED) is 0.297. The first-order chi connectivity index (χ1) is 19.1. The number of morpholine rings is 1. The maximum absolute atomic E-state index is 12.0. The van der Waals surface area contributed by atoms with Crippen molar-refractivity contribution in [3.8, 4) is 5.75 Å². The largest absolute Gasteiger partial charge is 0.497 e. The molecular formula is C30H31N5O4. The van der Waals surface area contributed by atoms with Crippen molar-refractivity contribution >= 4 is 29.0 Å². The maximum atomic E-state index is 12.0. The number of benzene rings is 2. The molecule has 1 aliphatic rings. The molecule has 5 rings (SSSR count). The van der Waals surface area contributed by atoms with Crippen LogP contribution in [-0.4, -0.2) is 54.5 Å². The monoisotopic (exact) mass is 525 g/mol. The first kappa shape index (κ1) is 26.0. The third kappa shape index (κ3) is 6.45. The van der Waals surface area contributed by atoms with E-state index < -0.39 is 5.97 Å². The van der Waals surface area contributed by atoms with E-state index in [2.05, 4.69) is 15.2 Å². The molecule has 0 saturated carbocycles. The Balaban J connectivity index is 1.48. The van der Waals surface area contributed by atoms with E-state index in [1.54, 1.807) is 13.2 Å². The van der Waals surface area contributed by atoms with Gasteiger partial charge in [-0.15, -0.1) is 0 Å². The van der Waals surface area contributed by atoms with Gasteiger partial charge in [0.05, 0.1) is 37.9 Å². The number of nitrogens with zero attached hydrogens (tertiary/aromatic N) is 4. The molecule has 0 unspecified atom stereocenters. The first-order valence-corrected chi connectivity index (χ1v) is 12.8. The number of ether oxygens (including phenoxy) is 2. The van der Waals surface area contributed by atoms with Gasteiger partial charge >= 0.3 is 5.97 Å². The fourth-order valence-electron chi connectivity index (χ4n) is 4.44. The highest BCUT2D eigenvalue weighted by molar-refractivity contribution is 5.94. The van der Waals surface area contributed by atoms with Gasteiger partial charge in [0.1, 0.15) is 22.9 Å². The summed E-state index contributed by atoms with van der Waals surface area (Å²) in [6.07, 6.45) is 3.24. The Bertz CT molecular complexity index is 1380. The van der Waals surface area contributed by atoms with Crippen LogP contribution in [0.4, 0.5) is 23.0 Å². The molecule has 2 aromatic carbocycles. The summed E-state index contributed by atoms with van der Waals surface area (Å²) in [5, 5.41) is 13.1. The van der Waals surface area contributed by atoms with Crippen LogP contribution in [0.3, 0.4) is 0 Å². The number of pyridine rings is 2. The van der Waals surface area contributed by atoms with E-state index in [1.165, 1.54) is 6.20 Å². The lowest BCUT2D eigenvalue weighted by Crippen LogP contribution is -2.36. The number of carboxylic acids is 1. The molecule has 4 aromatic rings. The Kier molecular flexibility index (Phi) is 8.18. The third-order valence-electron chi connectivity index (χ3n) is 6.60. The van der Waals surface area contributed by atoms with Crippen LogP contribution in [0.1, 0.15) is 21.5 Å². The number of anilines is 4. The summed E-state index contributed by atoms with van der Waals surface area (Å²) in [4.78, 5) is 25.5. The Morgan fingerprint density at radius 1 is 1.00 bits per heavy atom. The first-order valence-electron chi connectivity index (χ1n) is 12.8. The van der Waals surface area contributed by atoms with Crippen molar-refractivity contribution in [1.29, 1.82) is 0 Å². The van der Waals surface area contributed by atoms with Crippen LogP contribution >= 0.6 is 0 Å². The topological polar surface area (TPSA) is 100 Å². The van der Waals surface area contributed by atoms with E-state index in [0.29, 0.717) is 37.8 Å². The zero-order valence-electron chi connectivity index (χ0n) is 21.8. The van der Waals surface area contributed by atoms with Crippen molar-refractivity contribution in [2.24, 2.45) is 0 Å². The fraction of sp³-hybridized carbons (Fsp3) is 0.233. The molecule has 200 valence electrons. The van der Waals surface area contributed by atoms with E-state index >= 15 is 0 Å². The van der Waals surface area contributed by atoms with Crippen molar-refractivity contribution in [3.05, 3.63) is 102 Å². The lowest BCUT2D eigenvalue weighted by atomic mass is 10.1. The SMILES string of the molecule is COc1ccc(CN(c2ccc(N3CCOCC3)nc2)c2cc(NCc3ccccc3)c(C(=O)O)cn2)cc1. The molecule has 39 heavy (non-hydrogen) atoms. The van der Waals surface area contributed by atoms with Gasteiger partial charge in [-0.25, -0.2) is 14.8 Å². The van der Waals surface area contributed by atoms with Gasteiger partial charge in [-0.05, 0) is 35.4 Å². The molecule has 2 aromatic heterocycles. The van der Waals surface area contributed by atoms with Gasteiger partial charge in [-0.3, -0.25) is 0 Å². The molecule has 0 aliphatic carbocycles. The van der Waals surface area contributed by atoms with Gasteiger partial charge in [-0.2, -0.15) is 0 Å². The number of nitrogens with one attached hydrogen (secondary N) is 1. The van der Waals surface area contributed by atoms with E-state index in [9.17, 15) is 9.90 Å². The molecular weight excluding hydrogens is 494 g/mol. The summed E-state index contributed by atoms with van der Waals surface area (Å²) in [5.41, 5.74) is 3.53. The minimum absolute atomic E-state index is 0.111. The molecule has 0 amide bonds. The van der Waals surface area contributed by atoms with Gasteiger partial charge in [0, 0.05) is 38.4 Å². The molecule has 0 radical (unpaired) electrons. The van der Waals surface area contributed by atoms with Gasteiger partial charge in [0.25, 0.3) is 0 Å². The second kappa shape index (κ2) is 12.3.